The summed E-state index contributed by atoms with van der Waals surface area (Å²) in [6.07, 6.45) is 0. The van der Waals surface area contributed by atoms with Crippen LogP contribution >= 0.6 is 0 Å². The summed E-state index contributed by atoms with van der Waals surface area (Å²) in [5.41, 5.74) is 13.4. The Morgan fingerprint density at radius 3 is 1.36 bits per heavy atom. The SMILES string of the molecule is c1ccc(N(c2ccccc2)c2ccc(-n3c4ccccc4c4c5nc6c7ccc(N(c8ccccc8)c8ccccc8)cc7c7ccccc7c6nc5ccc43)cc2)cc1. The smallest absolute Gasteiger partial charge is 0.0995 e. The van der Waals surface area contributed by atoms with Gasteiger partial charge in [-0.1, -0.05) is 121 Å². The summed E-state index contributed by atoms with van der Waals surface area (Å²) in [6, 6.07) is 79.5. The summed E-state index contributed by atoms with van der Waals surface area (Å²) in [7, 11) is 0. The number of para-hydroxylation sites is 5. The highest BCUT2D eigenvalue weighted by Gasteiger charge is 2.21. The van der Waals surface area contributed by atoms with Crippen molar-refractivity contribution in [2.24, 2.45) is 0 Å². The molecule has 0 aliphatic carbocycles. The minimum atomic E-state index is 0.875. The zero-order chi connectivity index (χ0) is 40.3. The zero-order valence-corrected chi connectivity index (χ0v) is 33.1. The molecule has 0 saturated heterocycles. The van der Waals surface area contributed by atoms with Gasteiger partial charge in [0.1, 0.15) is 0 Å². The maximum atomic E-state index is 5.64. The Labute approximate surface area is 352 Å². The molecule has 10 aromatic carbocycles. The number of anilines is 6. The molecule has 0 amide bonds. The molecule has 0 spiro atoms. The zero-order valence-electron chi connectivity index (χ0n) is 33.1. The molecule has 0 unspecified atom stereocenters. The van der Waals surface area contributed by atoms with Crippen LogP contribution in [0.3, 0.4) is 0 Å². The van der Waals surface area contributed by atoms with Crippen LogP contribution in [0.5, 0.6) is 0 Å². The maximum Gasteiger partial charge on any atom is 0.0995 e. The van der Waals surface area contributed by atoms with Crippen molar-refractivity contribution in [2.75, 3.05) is 9.80 Å². The maximum absolute atomic E-state index is 5.64. The molecule has 5 heteroatoms. The van der Waals surface area contributed by atoms with Crippen LogP contribution in [0.2, 0.25) is 0 Å². The van der Waals surface area contributed by atoms with Crippen LogP contribution < -0.4 is 9.80 Å². The van der Waals surface area contributed by atoms with Gasteiger partial charge in [-0.15, -0.1) is 0 Å². The largest absolute Gasteiger partial charge is 0.311 e. The van der Waals surface area contributed by atoms with Crippen molar-refractivity contribution in [2.45, 2.75) is 0 Å². The molecule has 0 radical (unpaired) electrons. The summed E-state index contributed by atoms with van der Waals surface area (Å²) < 4.78 is 2.36. The lowest BCUT2D eigenvalue weighted by molar-refractivity contribution is 1.17. The van der Waals surface area contributed by atoms with Gasteiger partial charge < -0.3 is 14.4 Å². The van der Waals surface area contributed by atoms with Crippen LogP contribution in [0.25, 0.3) is 71.1 Å². The Hall–Kier alpha value is -8.28. The van der Waals surface area contributed by atoms with Crippen LogP contribution in [0.15, 0.2) is 224 Å². The van der Waals surface area contributed by atoms with Crippen molar-refractivity contribution in [3.8, 4) is 5.69 Å². The van der Waals surface area contributed by atoms with Crippen molar-refractivity contribution in [1.82, 2.24) is 14.5 Å². The van der Waals surface area contributed by atoms with Gasteiger partial charge in [-0.2, -0.15) is 0 Å². The van der Waals surface area contributed by atoms with Crippen molar-refractivity contribution in [3.63, 3.8) is 0 Å². The van der Waals surface area contributed by atoms with E-state index < -0.39 is 0 Å². The van der Waals surface area contributed by atoms with Crippen molar-refractivity contribution in [3.05, 3.63) is 224 Å². The van der Waals surface area contributed by atoms with Gasteiger partial charge in [0.25, 0.3) is 0 Å². The molecule has 0 aliphatic rings. The lowest BCUT2D eigenvalue weighted by Gasteiger charge is -2.26. The van der Waals surface area contributed by atoms with E-state index in [1.807, 2.05) is 0 Å². The topological polar surface area (TPSA) is 37.2 Å². The molecule has 0 saturated carbocycles. The third-order valence-corrected chi connectivity index (χ3v) is 11.9. The molecule has 0 bridgehead atoms. The first-order chi connectivity index (χ1) is 30.3. The Morgan fingerprint density at radius 1 is 0.295 bits per heavy atom. The first kappa shape index (κ1) is 34.7. The molecular weight excluding hydrogens is 743 g/mol. The van der Waals surface area contributed by atoms with E-state index in [0.717, 1.165) is 105 Å². The Morgan fingerprint density at radius 2 is 0.754 bits per heavy atom. The van der Waals surface area contributed by atoms with Crippen molar-refractivity contribution >= 4 is 99.5 Å². The fraction of sp³-hybridized carbons (Fsp3) is 0. The highest BCUT2D eigenvalue weighted by Crippen LogP contribution is 2.43. The van der Waals surface area contributed by atoms with Gasteiger partial charge in [0.15, 0.2) is 0 Å². The standard InChI is InChI=1S/C56H37N5/c1-5-17-38(18-6-1)59(39-19-7-2-8-20-39)42-29-31-43(32-30-42)61-51-28-16-15-27-48(51)53-52(61)36-35-50-56(53)58-55-47-34-33-44(37-49(47)45-25-13-14-26-46(45)54(55)57-50)60(40-21-9-3-10-22-40)41-23-11-4-12-24-41/h1-37H. The molecule has 5 nitrogen and oxygen atoms in total. The normalized spacial score (nSPS) is 11.6. The predicted octanol–water partition coefficient (Wildman–Crippen LogP) is 15.1. The molecular formula is C56H37N5. The quantitative estimate of drug-likeness (QED) is 0.119. The van der Waals surface area contributed by atoms with Gasteiger partial charge in [0.2, 0.25) is 0 Å². The lowest BCUT2D eigenvalue weighted by atomic mass is 9.98. The van der Waals surface area contributed by atoms with Crippen LogP contribution in [0.1, 0.15) is 0 Å². The Balaban J connectivity index is 1.06. The summed E-state index contributed by atoms with van der Waals surface area (Å²) >= 11 is 0. The number of benzene rings is 10. The molecule has 0 fully saturated rings. The average Bonchev–Trinajstić information content (AvgIpc) is 3.68. The van der Waals surface area contributed by atoms with Crippen molar-refractivity contribution < 1.29 is 0 Å². The molecule has 12 rings (SSSR count). The molecule has 2 heterocycles. The fourth-order valence-corrected chi connectivity index (χ4v) is 9.21. The average molecular weight is 780 g/mol. The highest BCUT2D eigenvalue weighted by molar-refractivity contribution is 6.26. The number of aromatic nitrogens is 3. The van der Waals surface area contributed by atoms with Gasteiger partial charge >= 0.3 is 0 Å². The molecule has 0 N–H and O–H groups in total. The molecule has 12 aromatic rings. The van der Waals surface area contributed by atoms with E-state index in [9.17, 15) is 0 Å². The highest BCUT2D eigenvalue weighted by atomic mass is 15.1. The van der Waals surface area contributed by atoms with Gasteiger partial charge in [0, 0.05) is 61.4 Å². The van der Waals surface area contributed by atoms with Gasteiger partial charge in [-0.05, 0) is 114 Å². The molecule has 0 aliphatic heterocycles. The second-order valence-electron chi connectivity index (χ2n) is 15.4. The number of hydrogen-bond acceptors (Lipinski definition) is 4. The van der Waals surface area contributed by atoms with E-state index in [2.05, 4.69) is 239 Å². The Bertz CT molecular complexity index is 3490. The summed E-state index contributed by atoms with van der Waals surface area (Å²) in [4.78, 5) is 15.7. The van der Waals surface area contributed by atoms with Crippen LogP contribution in [-0.4, -0.2) is 14.5 Å². The third-order valence-electron chi connectivity index (χ3n) is 11.9. The van der Waals surface area contributed by atoms with E-state index in [1.165, 1.54) is 0 Å². The van der Waals surface area contributed by atoms with E-state index in [4.69, 9.17) is 9.97 Å². The fourth-order valence-electron chi connectivity index (χ4n) is 9.21. The minimum Gasteiger partial charge on any atom is -0.311 e. The molecule has 61 heavy (non-hydrogen) atoms. The van der Waals surface area contributed by atoms with E-state index in [0.29, 0.717) is 0 Å². The monoisotopic (exact) mass is 779 g/mol. The van der Waals surface area contributed by atoms with Crippen LogP contribution in [0, 0.1) is 0 Å². The minimum absolute atomic E-state index is 0.875. The first-order valence-electron chi connectivity index (χ1n) is 20.7. The summed E-state index contributed by atoms with van der Waals surface area (Å²) in [5, 5.41) is 6.70. The number of rotatable bonds is 7. The lowest BCUT2D eigenvalue weighted by Crippen LogP contribution is -2.09. The van der Waals surface area contributed by atoms with Crippen molar-refractivity contribution in [1.29, 1.82) is 0 Å². The number of hydrogen-bond donors (Lipinski definition) is 0. The third kappa shape index (κ3) is 5.70. The van der Waals surface area contributed by atoms with Gasteiger partial charge in [-0.3, -0.25) is 0 Å². The Kier molecular flexibility index (Phi) is 8.10. The first-order valence-corrected chi connectivity index (χ1v) is 20.7. The van der Waals surface area contributed by atoms with E-state index in [-0.39, 0.29) is 0 Å². The molecule has 2 aromatic heterocycles. The predicted molar refractivity (Wildman–Crippen MR) is 256 cm³/mol. The van der Waals surface area contributed by atoms with Crippen LogP contribution in [-0.2, 0) is 0 Å². The molecule has 286 valence electrons. The summed E-state index contributed by atoms with van der Waals surface area (Å²) in [5.74, 6) is 0. The summed E-state index contributed by atoms with van der Waals surface area (Å²) in [6.45, 7) is 0. The van der Waals surface area contributed by atoms with E-state index in [1.54, 1.807) is 0 Å². The second kappa shape index (κ2) is 14.2. The number of nitrogens with zero attached hydrogens (tertiary/aromatic N) is 5. The van der Waals surface area contributed by atoms with Gasteiger partial charge in [-0.25, -0.2) is 9.97 Å². The van der Waals surface area contributed by atoms with Crippen LogP contribution in [0.4, 0.5) is 34.1 Å². The van der Waals surface area contributed by atoms with E-state index >= 15 is 0 Å². The number of fused-ring (bicyclic) bond motifs is 11. The molecule has 0 atom stereocenters. The van der Waals surface area contributed by atoms with Gasteiger partial charge in [0.05, 0.1) is 33.1 Å². The second-order valence-corrected chi connectivity index (χ2v) is 15.4.